The third-order valence-electron chi connectivity index (χ3n) is 6.45. The summed E-state index contributed by atoms with van der Waals surface area (Å²) in [6.07, 6.45) is 5.32. The molecule has 0 heterocycles. The summed E-state index contributed by atoms with van der Waals surface area (Å²) in [5.41, 5.74) is 1.13. The number of hydrogen-bond donors (Lipinski definition) is 0. The molecule has 0 aliphatic heterocycles. The molecule has 0 aromatic heterocycles. The maximum Gasteiger partial charge on any atom is 0.412 e. The van der Waals surface area contributed by atoms with Crippen LogP contribution in [0.1, 0.15) is 75.3 Å². The zero-order valence-electron chi connectivity index (χ0n) is 15.4. The van der Waals surface area contributed by atoms with Crippen LogP contribution in [0.3, 0.4) is 0 Å². The molecule has 2 aliphatic carbocycles. The highest BCUT2D eigenvalue weighted by molar-refractivity contribution is 5.59. The van der Waals surface area contributed by atoms with Crippen LogP contribution in [0.4, 0.5) is 17.6 Å². The van der Waals surface area contributed by atoms with Crippen molar-refractivity contribution >= 4 is 5.83 Å². The lowest BCUT2D eigenvalue weighted by Crippen LogP contribution is -2.24. The maximum absolute atomic E-state index is 13.6. The highest BCUT2D eigenvalue weighted by atomic mass is 19.4. The van der Waals surface area contributed by atoms with E-state index < -0.39 is 12.0 Å². The number of alkyl halides is 3. The summed E-state index contributed by atoms with van der Waals surface area (Å²) in [6, 6.07) is 6.54. The molecule has 26 heavy (non-hydrogen) atoms. The first-order valence-electron chi connectivity index (χ1n) is 9.87. The first kappa shape index (κ1) is 19.4. The molecule has 0 nitrogen and oxygen atoms in total. The standard InChI is InChI=1S/C22H28F4/c1-15-2-4-16(5-3-15)17-6-8-18(9-7-17)19-10-12-20(13-11-19)21(23)14-22(24,25)26/h10-18H,2-9H2,1H3/b21-14-. The van der Waals surface area contributed by atoms with Crippen LogP contribution in [0, 0.1) is 17.8 Å². The second-order valence-electron chi connectivity index (χ2n) is 8.29. The number of halogens is 4. The Morgan fingerprint density at radius 2 is 1.35 bits per heavy atom. The van der Waals surface area contributed by atoms with E-state index in [9.17, 15) is 17.6 Å². The largest absolute Gasteiger partial charge is 0.412 e. The molecule has 0 unspecified atom stereocenters. The molecule has 0 bridgehead atoms. The van der Waals surface area contributed by atoms with Gasteiger partial charge in [-0.25, -0.2) is 4.39 Å². The van der Waals surface area contributed by atoms with E-state index in [1.165, 1.54) is 50.7 Å². The Bertz CT molecular complexity index is 598. The number of allylic oxidation sites excluding steroid dienone is 1. The molecule has 0 atom stereocenters. The van der Waals surface area contributed by atoms with Crippen molar-refractivity contribution in [1.29, 1.82) is 0 Å². The summed E-state index contributed by atoms with van der Waals surface area (Å²) in [4.78, 5) is 0. The molecule has 0 radical (unpaired) electrons. The summed E-state index contributed by atoms with van der Waals surface area (Å²) in [5.74, 6) is 1.84. The van der Waals surface area contributed by atoms with Crippen LogP contribution in [0.5, 0.6) is 0 Å². The van der Waals surface area contributed by atoms with Gasteiger partial charge in [-0.15, -0.1) is 0 Å². The topological polar surface area (TPSA) is 0 Å². The fraction of sp³-hybridized carbons (Fsp3) is 0.636. The van der Waals surface area contributed by atoms with E-state index in [1.807, 2.05) is 0 Å². The van der Waals surface area contributed by atoms with Crippen molar-refractivity contribution in [2.75, 3.05) is 0 Å². The van der Waals surface area contributed by atoms with Gasteiger partial charge in [0.25, 0.3) is 0 Å². The van der Waals surface area contributed by atoms with Gasteiger partial charge in [0.05, 0.1) is 6.08 Å². The monoisotopic (exact) mass is 368 g/mol. The minimum atomic E-state index is -4.63. The minimum absolute atomic E-state index is 0.00362. The first-order chi connectivity index (χ1) is 12.3. The summed E-state index contributed by atoms with van der Waals surface area (Å²) < 4.78 is 50.4. The summed E-state index contributed by atoms with van der Waals surface area (Å²) in [6.45, 7) is 2.35. The van der Waals surface area contributed by atoms with Gasteiger partial charge in [0.2, 0.25) is 0 Å². The van der Waals surface area contributed by atoms with Crippen LogP contribution in [0.2, 0.25) is 0 Å². The fourth-order valence-electron chi connectivity index (χ4n) is 4.82. The van der Waals surface area contributed by atoms with Gasteiger partial charge in [0.1, 0.15) is 5.83 Å². The molecule has 0 amide bonds. The van der Waals surface area contributed by atoms with E-state index in [0.717, 1.165) is 36.2 Å². The van der Waals surface area contributed by atoms with E-state index in [1.54, 1.807) is 12.1 Å². The quantitative estimate of drug-likeness (QED) is 0.480. The fourth-order valence-corrected chi connectivity index (χ4v) is 4.82. The van der Waals surface area contributed by atoms with Crippen LogP contribution >= 0.6 is 0 Å². The van der Waals surface area contributed by atoms with Crippen molar-refractivity contribution in [3.63, 3.8) is 0 Å². The molecular formula is C22H28F4. The highest BCUT2D eigenvalue weighted by Gasteiger charge is 2.30. The van der Waals surface area contributed by atoms with Crippen molar-refractivity contribution in [3.8, 4) is 0 Å². The number of rotatable bonds is 3. The summed E-state index contributed by atoms with van der Waals surface area (Å²) >= 11 is 0. The van der Waals surface area contributed by atoms with Crippen LogP contribution in [0.25, 0.3) is 5.83 Å². The second-order valence-corrected chi connectivity index (χ2v) is 8.29. The molecule has 1 aromatic rings. The van der Waals surface area contributed by atoms with Gasteiger partial charge in [-0.3, -0.25) is 0 Å². The van der Waals surface area contributed by atoms with Crippen molar-refractivity contribution in [1.82, 2.24) is 0 Å². The highest BCUT2D eigenvalue weighted by Crippen LogP contribution is 2.43. The predicted molar refractivity (Wildman–Crippen MR) is 97.4 cm³/mol. The summed E-state index contributed by atoms with van der Waals surface area (Å²) in [7, 11) is 0. The van der Waals surface area contributed by atoms with E-state index in [4.69, 9.17) is 0 Å². The average Bonchev–Trinajstić information content (AvgIpc) is 2.61. The van der Waals surface area contributed by atoms with E-state index in [-0.39, 0.29) is 11.6 Å². The molecule has 1 aromatic carbocycles. The second kappa shape index (κ2) is 8.14. The van der Waals surface area contributed by atoms with Crippen LogP contribution in [0.15, 0.2) is 30.3 Å². The lowest BCUT2D eigenvalue weighted by Gasteiger charge is -2.37. The van der Waals surface area contributed by atoms with Gasteiger partial charge in [0, 0.05) is 5.56 Å². The average molecular weight is 368 g/mol. The van der Waals surface area contributed by atoms with Gasteiger partial charge < -0.3 is 0 Å². The maximum atomic E-state index is 13.6. The van der Waals surface area contributed by atoms with Gasteiger partial charge in [-0.2, -0.15) is 13.2 Å². The molecular weight excluding hydrogens is 340 g/mol. The van der Waals surface area contributed by atoms with Crippen LogP contribution in [-0.2, 0) is 0 Å². The molecule has 0 saturated heterocycles. The molecule has 2 aliphatic rings. The minimum Gasteiger partial charge on any atom is -0.206 e. The molecule has 144 valence electrons. The van der Waals surface area contributed by atoms with Gasteiger partial charge in [-0.1, -0.05) is 44.0 Å². The van der Waals surface area contributed by atoms with Crippen LogP contribution < -0.4 is 0 Å². The molecule has 2 fully saturated rings. The third-order valence-corrected chi connectivity index (χ3v) is 6.45. The Morgan fingerprint density at radius 1 is 0.846 bits per heavy atom. The van der Waals surface area contributed by atoms with Crippen molar-refractivity contribution < 1.29 is 17.6 Å². The Kier molecular flexibility index (Phi) is 6.09. The number of hydrogen-bond acceptors (Lipinski definition) is 0. The molecule has 4 heteroatoms. The van der Waals surface area contributed by atoms with E-state index in [0.29, 0.717) is 5.92 Å². The number of benzene rings is 1. The Hall–Kier alpha value is -1.32. The Morgan fingerprint density at radius 3 is 1.85 bits per heavy atom. The SMILES string of the molecule is CC1CCC(C2CCC(c3ccc(/C(F)=C/C(F)(F)F)cc3)CC2)CC1. The third kappa shape index (κ3) is 5.11. The Labute approximate surface area is 153 Å². The first-order valence-corrected chi connectivity index (χ1v) is 9.87. The zero-order chi connectivity index (χ0) is 18.7. The van der Waals surface area contributed by atoms with Crippen LogP contribution in [-0.4, -0.2) is 6.18 Å². The lowest BCUT2D eigenvalue weighted by atomic mass is 9.68. The zero-order valence-corrected chi connectivity index (χ0v) is 15.4. The molecule has 3 rings (SSSR count). The molecule has 0 spiro atoms. The lowest BCUT2D eigenvalue weighted by molar-refractivity contribution is -0.0798. The van der Waals surface area contributed by atoms with Gasteiger partial charge >= 0.3 is 6.18 Å². The van der Waals surface area contributed by atoms with Crippen molar-refractivity contribution in [3.05, 3.63) is 41.5 Å². The van der Waals surface area contributed by atoms with Gasteiger partial charge in [0.15, 0.2) is 0 Å². The Balaban J connectivity index is 1.55. The van der Waals surface area contributed by atoms with E-state index in [2.05, 4.69) is 6.92 Å². The molecule has 0 N–H and O–H groups in total. The smallest absolute Gasteiger partial charge is 0.206 e. The van der Waals surface area contributed by atoms with Gasteiger partial charge in [-0.05, 0) is 67.8 Å². The normalized spacial score (nSPS) is 31.0. The van der Waals surface area contributed by atoms with E-state index >= 15 is 0 Å². The summed E-state index contributed by atoms with van der Waals surface area (Å²) in [5, 5.41) is 0. The van der Waals surface area contributed by atoms with Crippen molar-refractivity contribution in [2.45, 2.75) is 70.4 Å². The predicted octanol–water partition coefficient (Wildman–Crippen LogP) is 7.66. The molecule has 2 saturated carbocycles. The van der Waals surface area contributed by atoms with Crippen molar-refractivity contribution in [2.24, 2.45) is 17.8 Å².